The molecule has 15 heavy (non-hydrogen) atoms. The quantitative estimate of drug-likeness (QED) is 0.797. The van der Waals surface area contributed by atoms with Gasteiger partial charge in [-0.2, -0.15) is 11.8 Å². The van der Waals surface area contributed by atoms with E-state index >= 15 is 0 Å². The molecule has 0 radical (unpaired) electrons. The van der Waals surface area contributed by atoms with Crippen LogP contribution >= 0.6 is 11.8 Å². The SMILES string of the molecule is CC1CC(C)CC(C(O)CSC(C)C)C1. The van der Waals surface area contributed by atoms with Gasteiger partial charge in [0.2, 0.25) is 0 Å². The van der Waals surface area contributed by atoms with Gasteiger partial charge in [0.25, 0.3) is 0 Å². The lowest BCUT2D eigenvalue weighted by atomic mass is 9.75. The van der Waals surface area contributed by atoms with Crippen molar-refractivity contribution in [1.82, 2.24) is 0 Å². The standard InChI is InChI=1S/C13H26OS/c1-9(2)15-8-13(14)12-6-10(3)5-11(4)7-12/h9-14H,5-8H2,1-4H3. The largest absolute Gasteiger partial charge is 0.392 e. The van der Waals surface area contributed by atoms with Crippen LogP contribution in [0.2, 0.25) is 0 Å². The fraction of sp³-hybridized carbons (Fsp3) is 1.00. The van der Waals surface area contributed by atoms with E-state index in [1.165, 1.54) is 19.3 Å². The number of thioether (sulfide) groups is 1. The maximum absolute atomic E-state index is 10.1. The summed E-state index contributed by atoms with van der Waals surface area (Å²) in [6.45, 7) is 9.04. The molecule has 0 saturated heterocycles. The summed E-state index contributed by atoms with van der Waals surface area (Å²) in [4.78, 5) is 0. The molecular formula is C13H26OS. The highest BCUT2D eigenvalue weighted by atomic mass is 32.2. The van der Waals surface area contributed by atoms with Gasteiger partial charge in [-0.3, -0.25) is 0 Å². The monoisotopic (exact) mass is 230 g/mol. The predicted octanol–water partition coefficient (Wildman–Crippen LogP) is 3.56. The van der Waals surface area contributed by atoms with Crippen molar-refractivity contribution in [2.75, 3.05) is 5.75 Å². The Balaban J connectivity index is 2.34. The van der Waals surface area contributed by atoms with E-state index in [0.717, 1.165) is 17.6 Å². The molecule has 0 bridgehead atoms. The van der Waals surface area contributed by atoms with Gasteiger partial charge in [-0.1, -0.05) is 27.7 Å². The summed E-state index contributed by atoms with van der Waals surface area (Å²) < 4.78 is 0. The van der Waals surface area contributed by atoms with E-state index in [0.29, 0.717) is 11.2 Å². The minimum Gasteiger partial charge on any atom is -0.392 e. The summed E-state index contributed by atoms with van der Waals surface area (Å²) in [5.41, 5.74) is 0. The normalized spacial score (nSPS) is 34.4. The van der Waals surface area contributed by atoms with Crippen LogP contribution in [0.5, 0.6) is 0 Å². The molecule has 1 saturated carbocycles. The molecule has 2 heteroatoms. The molecule has 1 fully saturated rings. The molecule has 0 spiro atoms. The summed E-state index contributed by atoms with van der Waals surface area (Å²) in [7, 11) is 0. The molecule has 0 heterocycles. The summed E-state index contributed by atoms with van der Waals surface area (Å²) in [5, 5.41) is 10.8. The third-order valence-corrected chi connectivity index (χ3v) is 4.56. The van der Waals surface area contributed by atoms with Crippen molar-refractivity contribution >= 4 is 11.8 Å². The van der Waals surface area contributed by atoms with E-state index in [1.54, 1.807) is 0 Å². The first-order valence-electron chi connectivity index (χ1n) is 6.28. The third kappa shape index (κ3) is 4.78. The number of hydrogen-bond donors (Lipinski definition) is 1. The van der Waals surface area contributed by atoms with Crippen molar-refractivity contribution in [3.05, 3.63) is 0 Å². The maximum atomic E-state index is 10.1. The number of rotatable bonds is 4. The molecular weight excluding hydrogens is 204 g/mol. The average Bonchev–Trinajstić information content (AvgIpc) is 2.12. The van der Waals surface area contributed by atoms with E-state index in [4.69, 9.17) is 0 Å². The molecule has 1 aliphatic carbocycles. The van der Waals surface area contributed by atoms with Crippen LogP contribution in [0.1, 0.15) is 47.0 Å². The van der Waals surface area contributed by atoms with Gasteiger partial charge in [-0.15, -0.1) is 0 Å². The Labute approximate surface area is 99.0 Å². The second-order valence-electron chi connectivity index (χ2n) is 5.63. The molecule has 0 aliphatic heterocycles. The van der Waals surface area contributed by atoms with Gasteiger partial charge in [0.1, 0.15) is 0 Å². The molecule has 0 aromatic heterocycles. The number of hydrogen-bond acceptors (Lipinski definition) is 2. The zero-order chi connectivity index (χ0) is 11.4. The zero-order valence-corrected chi connectivity index (χ0v) is 11.4. The molecule has 0 aromatic rings. The number of aliphatic hydroxyl groups excluding tert-OH is 1. The Kier molecular flexibility index (Phi) is 5.48. The highest BCUT2D eigenvalue weighted by Crippen LogP contribution is 2.35. The van der Waals surface area contributed by atoms with Crippen LogP contribution in [0, 0.1) is 17.8 Å². The molecule has 90 valence electrons. The van der Waals surface area contributed by atoms with E-state index in [9.17, 15) is 5.11 Å². The Morgan fingerprint density at radius 1 is 1.13 bits per heavy atom. The van der Waals surface area contributed by atoms with Crippen molar-refractivity contribution in [2.24, 2.45) is 17.8 Å². The third-order valence-electron chi connectivity index (χ3n) is 3.36. The molecule has 1 N–H and O–H groups in total. The lowest BCUT2D eigenvalue weighted by Crippen LogP contribution is -2.31. The van der Waals surface area contributed by atoms with Crippen LogP contribution in [0.25, 0.3) is 0 Å². The maximum Gasteiger partial charge on any atom is 0.0659 e. The van der Waals surface area contributed by atoms with E-state index in [-0.39, 0.29) is 6.10 Å². The van der Waals surface area contributed by atoms with Crippen LogP contribution in [0.3, 0.4) is 0 Å². The van der Waals surface area contributed by atoms with E-state index < -0.39 is 0 Å². The molecule has 1 nitrogen and oxygen atoms in total. The topological polar surface area (TPSA) is 20.2 Å². The Morgan fingerprint density at radius 3 is 2.13 bits per heavy atom. The predicted molar refractivity (Wildman–Crippen MR) is 69.3 cm³/mol. The van der Waals surface area contributed by atoms with Gasteiger partial charge < -0.3 is 5.11 Å². The smallest absolute Gasteiger partial charge is 0.0659 e. The van der Waals surface area contributed by atoms with Gasteiger partial charge in [0.15, 0.2) is 0 Å². The summed E-state index contributed by atoms with van der Waals surface area (Å²) in [5.74, 6) is 3.08. The molecule has 0 amide bonds. The van der Waals surface area contributed by atoms with Gasteiger partial charge in [-0.25, -0.2) is 0 Å². The van der Waals surface area contributed by atoms with Crippen molar-refractivity contribution in [3.8, 4) is 0 Å². The van der Waals surface area contributed by atoms with Crippen molar-refractivity contribution in [1.29, 1.82) is 0 Å². The Hall–Kier alpha value is 0.310. The highest BCUT2D eigenvalue weighted by molar-refractivity contribution is 7.99. The molecule has 3 unspecified atom stereocenters. The van der Waals surface area contributed by atoms with Gasteiger partial charge >= 0.3 is 0 Å². The van der Waals surface area contributed by atoms with Crippen LogP contribution in [-0.2, 0) is 0 Å². The molecule has 1 rings (SSSR count). The van der Waals surface area contributed by atoms with Gasteiger partial charge in [-0.05, 0) is 42.3 Å². The molecule has 3 atom stereocenters. The fourth-order valence-corrected chi connectivity index (χ4v) is 3.60. The second-order valence-corrected chi connectivity index (χ2v) is 7.24. The minimum atomic E-state index is -0.0809. The number of aliphatic hydroxyl groups is 1. The van der Waals surface area contributed by atoms with Crippen LogP contribution < -0.4 is 0 Å². The molecule has 1 aliphatic rings. The first-order chi connectivity index (χ1) is 6.99. The van der Waals surface area contributed by atoms with Gasteiger partial charge in [0.05, 0.1) is 6.10 Å². The first-order valence-corrected chi connectivity index (χ1v) is 7.33. The summed E-state index contributed by atoms with van der Waals surface area (Å²) in [6.07, 6.45) is 3.72. The van der Waals surface area contributed by atoms with Crippen LogP contribution in [0.4, 0.5) is 0 Å². The lowest BCUT2D eigenvalue weighted by Gasteiger charge is -2.34. The van der Waals surface area contributed by atoms with Crippen molar-refractivity contribution in [2.45, 2.75) is 58.3 Å². The molecule has 0 aromatic carbocycles. The zero-order valence-electron chi connectivity index (χ0n) is 10.6. The highest BCUT2D eigenvalue weighted by Gasteiger charge is 2.28. The van der Waals surface area contributed by atoms with Crippen molar-refractivity contribution < 1.29 is 5.11 Å². The average molecular weight is 230 g/mol. The van der Waals surface area contributed by atoms with E-state index in [1.807, 2.05) is 11.8 Å². The fourth-order valence-electron chi connectivity index (χ4n) is 2.75. The Bertz CT molecular complexity index is 171. The minimum absolute atomic E-state index is 0.0809. The van der Waals surface area contributed by atoms with Crippen LogP contribution in [0.15, 0.2) is 0 Å². The van der Waals surface area contributed by atoms with Gasteiger partial charge in [0, 0.05) is 5.75 Å². The second kappa shape index (κ2) is 6.15. The van der Waals surface area contributed by atoms with Crippen molar-refractivity contribution in [3.63, 3.8) is 0 Å². The first kappa shape index (κ1) is 13.4. The summed E-state index contributed by atoms with van der Waals surface area (Å²) in [6, 6.07) is 0. The Morgan fingerprint density at radius 2 is 1.67 bits per heavy atom. The lowest BCUT2D eigenvalue weighted by molar-refractivity contribution is 0.0723. The van der Waals surface area contributed by atoms with Crippen LogP contribution in [-0.4, -0.2) is 22.2 Å². The summed E-state index contributed by atoms with van der Waals surface area (Å²) >= 11 is 1.89. The van der Waals surface area contributed by atoms with E-state index in [2.05, 4.69) is 27.7 Å².